The van der Waals surface area contributed by atoms with Crippen LogP contribution >= 0.6 is 0 Å². The number of sulfonamides is 1. The predicted octanol–water partition coefficient (Wildman–Crippen LogP) is 2.48. The summed E-state index contributed by atoms with van der Waals surface area (Å²) in [7, 11) is -1.01. The summed E-state index contributed by atoms with van der Waals surface area (Å²) in [6, 6.07) is 4.29. The van der Waals surface area contributed by atoms with Gasteiger partial charge in [-0.3, -0.25) is 4.79 Å². The van der Waals surface area contributed by atoms with Gasteiger partial charge in [-0.1, -0.05) is 25.7 Å². The number of hydrogen-bond donors (Lipinski definition) is 1. The minimum absolute atomic E-state index is 0.0499. The molecule has 0 atom stereocenters. The summed E-state index contributed by atoms with van der Waals surface area (Å²) >= 11 is 0. The zero-order chi connectivity index (χ0) is 21.8. The highest BCUT2D eigenvalue weighted by Gasteiger charge is 2.44. The highest BCUT2D eigenvalue weighted by Crippen LogP contribution is 2.32. The van der Waals surface area contributed by atoms with Gasteiger partial charge in [0.05, 0.1) is 24.7 Å². The summed E-state index contributed by atoms with van der Waals surface area (Å²) in [5, 5.41) is 2.80. The molecule has 2 aliphatic rings. The number of nitrogens with one attached hydrogen (secondary N) is 1. The average molecular weight is 439 g/mol. The van der Waals surface area contributed by atoms with Crippen molar-refractivity contribution in [2.45, 2.75) is 61.8 Å². The minimum Gasteiger partial charge on any atom is -0.496 e. The van der Waals surface area contributed by atoms with E-state index in [1.165, 1.54) is 36.7 Å². The quantitative estimate of drug-likeness (QED) is 0.685. The monoisotopic (exact) mass is 438 g/mol. The Morgan fingerprint density at radius 1 is 1.00 bits per heavy atom. The molecule has 1 aliphatic heterocycles. The average Bonchev–Trinajstić information content (AvgIpc) is 3.05. The summed E-state index contributed by atoms with van der Waals surface area (Å²) < 4.78 is 38.0. The molecule has 1 saturated carbocycles. The standard InChI is InChI=1S/C21H30N2O6S/c1-28-18-10-9-16(30(26,27)23-13-7-3-4-8-14-23)15-17(18)19(24)22-21(20(25)29-2)11-5-6-12-21/h9-10,15H,3-8,11-14H2,1-2H3,(H,22,24). The third-order valence-corrected chi connectivity index (χ3v) is 7.90. The second kappa shape index (κ2) is 9.34. The van der Waals surface area contributed by atoms with Crippen LogP contribution in [0.1, 0.15) is 61.7 Å². The van der Waals surface area contributed by atoms with Crippen molar-refractivity contribution in [2.24, 2.45) is 0 Å². The van der Waals surface area contributed by atoms with E-state index in [2.05, 4.69) is 5.32 Å². The Hall–Kier alpha value is -2.13. The number of rotatable bonds is 6. The molecule has 0 spiro atoms. The summed E-state index contributed by atoms with van der Waals surface area (Å²) in [5.41, 5.74) is -1.00. The van der Waals surface area contributed by atoms with Crippen molar-refractivity contribution < 1.29 is 27.5 Å². The second-order valence-electron chi connectivity index (χ2n) is 7.92. The van der Waals surface area contributed by atoms with Crippen molar-refractivity contribution >= 4 is 21.9 Å². The van der Waals surface area contributed by atoms with Gasteiger partial charge in [-0.15, -0.1) is 0 Å². The van der Waals surface area contributed by atoms with Crippen LogP contribution in [0, 0.1) is 0 Å². The summed E-state index contributed by atoms with van der Waals surface area (Å²) in [6.45, 7) is 0.947. The summed E-state index contributed by atoms with van der Waals surface area (Å²) in [4.78, 5) is 25.5. The predicted molar refractivity (Wildman–Crippen MR) is 111 cm³/mol. The summed E-state index contributed by atoms with van der Waals surface area (Å²) in [5.74, 6) is -0.784. The Labute approximate surface area is 178 Å². The largest absolute Gasteiger partial charge is 0.496 e. The van der Waals surface area contributed by atoms with Crippen LogP contribution in [0.15, 0.2) is 23.1 Å². The summed E-state index contributed by atoms with van der Waals surface area (Å²) in [6.07, 6.45) is 6.25. The number of esters is 1. The molecule has 0 aromatic heterocycles. The fourth-order valence-corrected chi connectivity index (χ4v) is 5.84. The first-order chi connectivity index (χ1) is 14.3. The molecule has 0 unspecified atom stereocenters. The third kappa shape index (κ3) is 4.46. The lowest BCUT2D eigenvalue weighted by Gasteiger charge is -2.27. The molecular formula is C21H30N2O6S. The Kier molecular flexibility index (Phi) is 7.02. The number of hydrogen-bond acceptors (Lipinski definition) is 6. The van der Waals surface area contributed by atoms with Crippen LogP contribution in [-0.2, 0) is 19.6 Å². The molecule has 1 heterocycles. The van der Waals surface area contributed by atoms with Gasteiger partial charge in [0.1, 0.15) is 11.3 Å². The van der Waals surface area contributed by atoms with Gasteiger partial charge in [-0.25, -0.2) is 13.2 Å². The Morgan fingerprint density at radius 3 is 2.20 bits per heavy atom. The van der Waals surface area contributed by atoms with Gasteiger partial charge in [0.2, 0.25) is 10.0 Å². The number of carbonyl (C=O) groups is 2. The normalized spacial score (nSPS) is 19.7. The van der Waals surface area contributed by atoms with E-state index < -0.39 is 27.4 Å². The molecular weight excluding hydrogens is 408 g/mol. The molecule has 1 N–H and O–H groups in total. The molecule has 30 heavy (non-hydrogen) atoms. The first kappa shape index (κ1) is 22.6. The molecule has 0 radical (unpaired) electrons. The van der Waals surface area contributed by atoms with Gasteiger partial charge in [0, 0.05) is 13.1 Å². The third-order valence-electron chi connectivity index (χ3n) is 6.00. The molecule has 9 heteroatoms. The van der Waals surface area contributed by atoms with Crippen molar-refractivity contribution in [3.8, 4) is 5.75 Å². The fraction of sp³-hybridized carbons (Fsp3) is 0.619. The lowest BCUT2D eigenvalue weighted by atomic mass is 9.97. The number of nitrogens with zero attached hydrogens (tertiary/aromatic N) is 1. The Bertz CT molecular complexity index is 885. The minimum atomic E-state index is -3.72. The first-order valence-electron chi connectivity index (χ1n) is 10.4. The molecule has 1 amide bonds. The molecule has 1 aromatic rings. The van der Waals surface area contributed by atoms with E-state index in [-0.39, 0.29) is 16.2 Å². The molecule has 3 rings (SSSR count). The van der Waals surface area contributed by atoms with Crippen LogP contribution in [0.25, 0.3) is 0 Å². The maximum absolute atomic E-state index is 13.2. The fourth-order valence-electron chi connectivity index (χ4n) is 4.29. The SMILES string of the molecule is COC(=O)C1(NC(=O)c2cc(S(=O)(=O)N3CCCCCC3)ccc2OC)CCCC1. The van der Waals surface area contributed by atoms with Gasteiger partial charge in [-0.05, 0) is 43.9 Å². The van der Waals surface area contributed by atoms with Crippen LogP contribution in [0.5, 0.6) is 5.75 Å². The van der Waals surface area contributed by atoms with Crippen molar-refractivity contribution in [1.29, 1.82) is 0 Å². The lowest BCUT2D eigenvalue weighted by Crippen LogP contribution is -2.53. The van der Waals surface area contributed by atoms with Crippen molar-refractivity contribution in [3.63, 3.8) is 0 Å². The van der Waals surface area contributed by atoms with E-state index in [0.29, 0.717) is 25.9 Å². The topological polar surface area (TPSA) is 102 Å². The van der Waals surface area contributed by atoms with Gasteiger partial charge in [0.25, 0.3) is 5.91 Å². The Balaban J connectivity index is 1.92. The van der Waals surface area contributed by atoms with Crippen LogP contribution in [0.3, 0.4) is 0 Å². The van der Waals surface area contributed by atoms with E-state index in [1.807, 2.05) is 0 Å². The molecule has 166 valence electrons. The molecule has 1 saturated heterocycles. The van der Waals surface area contributed by atoms with Crippen molar-refractivity contribution in [2.75, 3.05) is 27.3 Å². The van der Waals surface area contributed by atoms with Crippen LogP contribution in [-0.4, -0.2) is 57.4 Å². The van der Waals surface area contributed by atoms with E-state index >= 15 is 0 Å². The molecule has 2 fully saturated rings. The zero-order valence-electron chi connectivity index (χ0n) is 17.6. The molecule has 1 aliphatic carbocycles. The van der Waals surface area contributed by atoms with Gasteiger partial charge < -0.3 is 14.8 Å². The highest BCUT2D eigenvalue weighted by molar-refractivity contribution is 7.89. The molecule has 0 bridgehead atoms. The van der Waals surface area contributed by atoms with Crippen molar-refractivity contribution in [1.82, 2.24) is 9.62 Å². The van der Waals surface area contributed by atoms with E-state index in [9.17, 15) is 18.0 Å². The molecule has 1 aromatic carbocycles. The zero-order valence-corrected chi connectivity index (χ0v) is 18.4. The number of benzene rings is 1. The number of amides is 1. The van der Waals surface area contributed by atoms with Gasteiger partial charge >= 0.3 is 5.97 Å². The van der Waals surface area contributed by atoms with E-state index in [1.54, 1.807) is 0 Å². The lowest BCUT2D eigenvalue weighted by molar-refractivity contribution is -0.148. The second-order valence-corrected chi connectivity index (χ2v) is 9.85. The van der Waals surface area contributed by atoms with Crippen LogP contribution in [0.4, 0.5) is 0 Å². The molecule has 8 nitrogen and oxygen atoms in total. The van der Waals surface area contributed by atoms with Gasteiger partial charge in [0.15, 0.2) is 0 Å². The number of methoxy groups -OCH3 is 2. The maximum Gasteiger partial charge on any atom is 0.331 e. The first-order valence-corrected chi connectivity index (χ1v) is 11.9. The smallest absolute Gasteiger partial charge is 0.331 e. The highest BCUT2D eigenvalue weighted by atomic mass is 32.2. The van der Waals surface area contributed by atoms with Gasteiger partial charge in [-0.2, -0.15) is 4.31 Å². The van der Waals surface area contributed by atoms with Crippen LogP contribution in [0.2, 0.25) is 0 Å². The van der Waals surface area contributed by atoms with Crippen molar-refractivity contribution in [3.05, 3.63) is 23.8 Å². The van der Waals surface area contributed by atoms with Crippen LogP contribution < -0.4 is 10.1 Å². The number of ether oxygens (including phenoxy) is 2. The van der Waals surface area contributed by atoms with E-state index in [4.69, 9.17) is 9.47 Å². The Morgan fingerprint density at radius 2 is 1.63 bits per heavy atom. The van der Waals surface area contributed by atoms with E-state index in [0.717, 1.165) is 38.5 Å². The number of carbonyl (C=O) groups excluding carboxylic acids is 2. The maximum atomic E-state index is 13.2.